The van der Waals surface area contributed by atoms with Gasteiger partial charge in [-0.2, -0.15) is 0 Å². The summed E-state index contributed by atoms with van der Waals surface area (Å²) in [7, 11) is 0. The Morgan fingerprint density at radius 1 is 1.09 bits per heavy atom. The zero-order valence-corrected chi connectivity index (χ0v) is 13.4. The molecule has 22 heavy (non-hydrogen) atoms. The van der Waals surface area contributed by atoms with Crippen LogP contribution in [0.4, 0.5) is 5.82 Å². The van der Waals surface area contributed by atoms with E-state index in [4.69, 9.17) is 4.42 Å². The molecule has 2 aromatic heterocycles. The maximum Gasteiger partial charge on any atom is 0.153 e. The van der Waals surface area contributed by atoms with Crippen molar-refractivity contribution in [3.8, 4) is 0 Å². The van der Waals surface area contributed by atoms with Crippen LogP contribution in [0.15, 0.2) is 41.3 Å². The van der Waals surface area contributed by atoms with Crippen LogP contribution < -0.4 is 5.32 Å². The first-order chi connectivity index (χ1) is 10.5. The first kappa shape index (κ1) is 14.4. The smallest absolute Gasteiger partial charge is 0.153 e. The molecule has 0 atom stereocenters. The number of nitrogens with one attached hydrogen (secondary N) is 1. The second-order valence-corrected chi connectivity index (χ2v) is 5.71. The molecule has 1 aromatic carbocycles. The molecule has 0 aliphatic carbocycles. The Labute approximate surface area is 130 Å². The first-order valence-corrected chi connectivity index (χ1v) is 7.36. The molecule has 0 saturated carbocycles. The van der Waals surface area contributed by atoms with Crippen LogP contribution in [0.5, 0.6) is 0 Å². The van der Waals surface area contributed by atoms with E-state index in [1.54, 1.807) is 0 Å². The van der Waals surface area contributed by atoms with Gasteiger partial charge in [-0.05, 0) is 51.0 Å². The van der Waals surface area contributed by atoms with Gasteiger partial charge < -0.3 is 9.73 Å². The van der Waals surface area contributed by atoms with Crippen molar-refractivity contribution in [1.29, 1.82) is 0 Å². The number of hydrogen-bond acceptors (Lipinski definition) is 3. The monoisotopic (exact) mass is 292 g/mol. The van der Waals surface area contributed by atoms with E-state index in [9.17, 15) is 0 Å². The number of nitrogens with zero attached hydrogens (tertiary/aromatic N) is 1. The van der Waals surface area contributed by atoms with E-state index in [-0.39, 0.29) is 0 Å². The fourth-order valence-electron chi connectivity index (χ4n) is 2.68. The van der Waals surface area contributed by atoms with Crippen molar-refractivity contribution >= 4 is 22.5 Å². The van der Waals surface area contributed by atoms with Gasteiger partial charge in [-0.25, -0.2) is 4.98 Å². The van der Waals surface area contributed by atoms with Gasteiger partial charge in [-0.15, -0.1) is 0 Å². The number of hydrogen-bond donors (Lipinski definition) is 1. The van der Waals surface area contributed by atoms with Gasteiger partial charge in [0.1, 0.15) is 11.4 Å². The van der Waals surface area contributed by atoms with Crippen LogP contribution in [0.2, 0.25) is 0 Å². The highest BCUT2D eigenvalue weighted by molar-refractivity contribution is 5.88. The van der Waals surface area contributed by atoms with Crippen LogP contribution in [-0.2, 0) is 0 Å². The number of fused-ring (bicyclic) bond motifs is 1. The van der Waals surface area contributed by atoms with Gasteiger partial charge in [0.2, 0.25) is 0 Å². The minimum atomic E-state index is 0.731. The molecule has 0 saturated heterocycles. The highest BCUT2D eigenvalue weighted by atomic mass is 16.3. The van der Waals surface area contributed by atoms with E-state index >= 15 is 0 Å². The third-order valence-electron chi connectivity index (χ3n) is 4.05. The predicted molar refractivity (Wildman–Crippen MR) is 92.1 cm³/mol. The Kier molecular flexibility index (Phi) is 3.49. The quantitative estimate of drug-likeness (QED) is 0.726. The fraction of sp³-hybridized carbons (Fsp3) is 0.211. The summed E-state index contributed by atoms with van der Waals surface area (Å²) in [6.07, 6.45) is 0. The molecule has 3 rings (SSSR count). The van der Waals surface area contributed by atoms with Crippen LogP contribution >= 0.6 is 0 Å². The lowest BCUT2D eigenvalue weighted by Crippen LogP contribution is -2.04. The average molecular weight is 292 g/mol. The molecule has 2 heterocycles. The van der Waals surface area contributed by atoms with Gasteiger partial charge in [0.15, 0.2) is 5.76 Å². The maximum atomic E-state index is 5.94. The van der Waals surface area contributed by atoms with Crippen molar-refractivity contribution in [3.05, 3.63) is 65.1 Å². The molecule has 3 nitrogen and oxygen atoms in total. The molecule has 0 bridgehead atoms. The van der Waals surface area contributed by atoms with Gasteiger partial charge >= 0.3 is 0 Å². The Morgan fingerprint density at radius 3 is 2.55 bits per heavy atom. The van der Waals surface area contributed by atoms with Gasteiger partial charge in [-0.1, -0.05) is 24.8 Å². The molecule has 3 heteroatoms. The van der Waals surface area contributed by atoms with Crippen molar-refractivity contribution in [1.82, 2.24) is 4.98 Å². The normalized spacial score (nSPS) is 10.9. The number of pyridine rings is 1. The highest BCUT2D eigenvalue weighted by Crippen LogP contribution is 2.30. The average Bonchev–Trinajstić information content (AvgIpc) is 2.82. The Hall–Kier alpha value is -2.55. The minimum Gasteiger partial charge on any atom is -0.454 e. The van der Waals surface area contributed by atoms with E-state index in [1.165, 1.54) is 5.56 Å². The minimum absolute atomic E-state index is 0.731. The standard InChI is InChI=1S/C19H20N2O/c1-11-10-12(2)20-19(13(11)3)21-15(5)18-14(4)16-8-6-7-9-17(16)22-18/h6-10H,5H2,1-4H3,(H,20,21). The lowest BCUT2D eigenvalue weighted by molar-refractivity contribution is 0.597. The molecule has 0 aliphatic rings. The maximum absolute atomic E-state index is 5.94. The summed E-state index contributed by atoms with van der Waals surface area (Å²) in [5.74, 6) is 1.61. The van der Waals surface area contributed by atoms with E-state index in [1.807, 2.05) is 25.1 Å². The van der Waals surface area contributed by atoms with Crippen LogP contribution in [0, 0.1) is 27.7 Å². The molecule has 0 amide bonds. The number of aryl methyl sites for hydroxylation is 3. The molecule has 1 N–H and O–H groups in total. The second-order valence-electron chi connectivity index (χ2n) is 5.71. The van der Waals surface area contributed by atoms with Crippen molar-refractivity contribution in [2.45, 2.75) is 27.7 Å². The molecule has 0 unspecified atom stereocenters. The number of furan rings is 1. The predicted octanol–water partition coefficient (Wildman–Crippen LogP) is 5.14. The van der Waals surface area contributed by atoms with E-state index < -0.39 is 0 Å². The third kappa shape index (κ3) is 2.39. The van der Waals surface area contributed by atoms with Crippen molar-refractivity contribution in [2.24, 2.45) is 0 Å². The van der Waals surface area contributed by atoms with Crippen LogP contribution in [-0.4, -0.2) is 4.98 Å². The zero-order valence-electron chi connectivity index (χ0n) is 13.4. The molecular weight excluding hydrogens is 272 g/mol. The van der Waals surface area contributed by atoms with Crippen LogP contribution in [0.3, 0.4) is 0 Å². The SMILES string of the molecule is C=C(Nc1nc(C)cc(C)c1C)c1oc2ccccc2c1C. The summed E-state index contributed by atoms with van der Waals surface area (Å²) in [6.45, 7) is 12.3. The van der Waals surface area contributed by atoms with E-state index in [2.05, 4.69) is 49.8 Å². The molecular formula is C19H20N2O. The van der Waals surface area contributed by atoms with Gasteiger partial charge in [0.25, 0.3) is 0 Å². The van der Waals surface area contributed by atoms with Crippen molar-refractivity contribution < 1.29 is 4.42 Å². The number of para-hydroxylation sites is 1. The van der Waals surface area contributed by atoms with Crippen molar-refractivity contribution in [2.75, 3.05) is 5.32 Å². The summed E-state index contributed by atoms with van der Waals surface area (Å²) in [5, 5.41) is 4.43. The molecule has 0 aliphatic heterocycles. The summed E-state index contributed by atoms with van der Waals surface area (Å²) < 4.78 is 5.94. The number of benzene rings is 1. The molecule has 0 fully saturated rings. The van der Waals surface area contributed by atoms with E-state index in [0.29, 0.717) is 0 Å². The Morgan fingerprint density at radius 2 is 1.82 bits per heavy atom. The first-order valence-electron chi connectivity index (χ1n) is 7.36. The lowest BCUT2D eigenvalue weighted by atomic mass is 10.1. The van der Waals surface area contributed by atoms with Gasteiger partial charge in [0, 0.05) is 16.6 Å². The number of aromatic nitrogens is 1. The third-order valence-corrected chi connectivity index (χ3v) is 4.05. The van der Waals surface area contributed by atoms with Crippen LogP contribution in [0.25, 0.3) is 16.7 Å². The molecule has 0 spiro atoms. The Bertz CT molecular complexity index is 875. The Balaban J connectivity index is 1.99. The molecule has 112 valence electrons. The highest BCUT2D eigenvalue weighted by Gasteiger charge is 2.14. The summed E-state index contributed by atoms with van der Waals surface area (Å²) in [6, 6.07) is 10.1. The number of anilines is 1. The van der Waals surface area contributed by atoms with Crippen LogP contribution in [0.1, 0.15) is 28.1 Å². The summed E-state index contributed by atoms with van der Waals surface area (Å²) in [4.78, 5) is 4.57. The zero-order chi connectivity index (χ0) is 15.9. The molecule has 3 aromatic rings. The van der Waals surface area contributed by atoms with Crippen molar-refractivity contribution in [3.63, 3.8) is 0 Å². The van der Waals surface area contributed by atoms with Gasteiger partial charge in [0.05, 0.1) is 5.70 Å². The number of rotatable bonds is 3. The summed E-state index contributed by atoms with van der Waals surface area (Å²) in [5.41, 5.74) is 6.02. The fourth-order valence-corrected chi connectivity index (χ4v) is 2.68. The van der Waals surface area contributed by atoms with E-state index in [0.717, 1.165) is 45.1 Å². The summed E-state index contributed by atoms with van der Waals surface area (Å²) >= 11 is 0. The molecule has 0 radical (unpaired) electrons. The topological polar surface area (TPSA) is 38.1 Å². The van der Waals surface area contributed by atoms with Gasteiger partial charge in [-0.3, -0.25) is 0 Å². The second kappa shape index (κ2) is 5.34. The largest absolute Gasteiger partial charge is 0.454 e. The lowest BCUT2D eigenvalue weighted by Gasteiger charge is -2.13.